The highest BCUT2D eigenvalue weighted by Gasteiger charge is 2.03. The Hall–Kier alpha value is -0.300. The van der Waals surface area contributed by atoms with E-state index in [2.05, 4.69) is 45.2 Å². The topological polar surface area (TPSA) is 3.24 Å². The lowest BCUT2D eigenvalue weighted by molar-refractivity contribution is 0.286. The van der Waals surface area contributed by atoms with E-state index in [4.69, 9.17) is 0 Å². The summed E-state index contributed by atoms with van der Waals surface area (Å²) >= 11 is 0. The van der Waals surface area contributed by atoms with E-state index in [1.54, 1.807) is 0 Å². The molecule has 0 aromatic carbocycles. The van der Waals surface area contributed by atoms with Gasteiger partial charge in [0.1, 0.15) is 0 Å². The van der Waals surface area contributed by atoms with Gasteiger partial charge in [-0.05, 0) is 37.8 Å². The third-order valence-electron chi connectivity index (χ3n) is 8.90. The minimum atomic E-state index is 0.888. The summed E-state index contributed by atoms with van der Waals surface area (Å²) in [6.45, 7) is 17.0. The van der Waals surface area contributed by atoms with Crippen molar-refractivity contribution in [3.8, 4) is 0 Å². The summed E-state index contributed by atoms with van der Waals surface area (Å²) in [6.07, 6.45) is 42.7. The summed E-state index contributed by atoms with van der Waals surface area (Å²) in [4.78, 5) is 2.65. The largest absolute Gasteiger partial charge is 0.300 e. The smallest absolute Gasteiger partial charge is 0.0160 e. The lowest BCUT2D eigenvalue weighted by Gasteiger charge is -2.20. The Morgan fingerprint density at radius 3 is 0.825 bits per heavy atom. The first kappa shape index (κ1) is 39.7. The van der Waals surface area contributed by atoms with Crippen molar-refractivity contribution in [2.24, 2.45) is 11.8 Å². The molecule has 0 saturated heterocycles. The van der Waals surface area contributed by atoms with Crippen LogP contribution in [0.1, 0.15) is 207 Å². The minimum absolute atomic E-state index is 0.888. The Morgan fingerprint density at radius 1 is 0.375 bits per heavy atom. The third kappa shape index (κ3) is 33.9. The molecule has 1 nitrogen and oxygen atoms in total. The van der Waals surface area contributed by atoms with E-state index >= 15 is 0 Å². The average molecular weight is 562 g/mol. The van der Waals surface area contributed by atoms with Crippen molar-refractivity contribution in [2.75, 3.05) is 19.6 Å². The second-order valence-electron chi connectivity index (χ2n) is 14.1. The van der Waals surface area contributed by atoms with Crippen molar-refractivity contribution in [1.82, 2.24) is 4.90 Å². The summed E-state index contributed by atoms with van der Waals surface area (Å²) in [5, 5.41) is 0. The van der Waals surface area contributed by atoms with E-state index in [1.807, 2.05) is 0 Å². The van der Waals surface area contributed by atoms with E-state index in [0.717, 1.165) is 18.4 Å². The molecule has 40 heavy (non-hydrogen) atoms. The maximum Gasteiger partial charge on any atom is 0.0160 e. The van der Waals surface area contributed by atoms with Gasteiger partial charge in [0.2, 0.25) is 0 Å². The van der Waals surface area contributed by atoms with Gasteiger partial charge >= 0.3 is 0 Å². The van der Waals surface area contributed by atoms with Crippen LogP contribution in [0.15, 0.2) is 12.7 Å². The molecule has 0 aromatic heterocycles. The van der Waals surface area contributed by atoms with Crippen LogP contribution >= 0.6 is 0 Å². The van der Waals surface area contributed by atoms with Gasteiger partial charge in [-0.1, -0.05) is 201 Å². The Bertz CT molecular complexity index is 429. The molecule has 0 atom stereocenters. The first-order valence-electron chi connectivity index (χ1n) is 18.9. The molecule has 1 heteroatoms. The monoisotopic (exact) mass is 562 g/mol. The second kappa shape index (κ2) is 33.2. The predicted molar refractivity (Wildman–Crippen MR) is 186 cm³/mol. The molecule has 0 N–H and O–H groups in total. The van der Waals surface area contributed by atoms with Gasteiger partial charge in [0, 0.05) is 6.54 Å². The molecule has 0 amide bonds. The SMILES string of the molecule is C=CCN(CCCCCCCCCCCCCCCC(C)C)CCCCCCCCCCCCCCCC(C)C. The van der Waals surface area contributed by atoms with Gasteiger partial charge in [0.05, 0.1) is 0 Å². The van der Waals surface area contributed by atoms with Crippen LogP contribution in [0.5, 0.6) is 0 Å². The normalized spacial score (nSPS) is 11.9. The van der Waals surface area contributed by atoms with Crippen molar-refractivity contribution < 1.29 is 0 Å². The van der Waals surface area contributed by atoms with Crippen LogP contribution in [0, 0.1) is 11.8 Å². The summed E-state index contributed by atoms with van der Waals surface area (Å²) in [7, 11) is 0. The molecule has 0 aliphatic heterocycles. The summed E-state index contributed by atoms with van der Waals surface area (Å²) in [5.41, 5.74) is 0. The maximum absolute atomic E-state index is 4.01. The molecule has 0 heterocycles. The molecule has 0 aliphatic carbocycles. The number of unbranched alkanes of at least 4 members (excludes halogenated alkanes) is 24. The number of hydrogen-bond acceptors (Lipinski definition) is 1. The van der Waals surface area contributed by atoms with Crippen molar-refractivity contribution >= 4 is 0 Å². The van der Waals surface area contributed by atoms with Crippen molar-refractivity contribution in [2.45, 2.75) is 207 Å². The van der Waals surface area contributed by atoms with Crippen LogP contribution in [0.4, 0.5) is 0 Å². The Balaban J connectivity index is 3.38. The second-order valence-corrected chi connectivity index (χ2v) is 14.1. The van der Waals surface area contributed by atoms with Gasteiger partial charge in [-0.2, -0.15) is 0 Å². The fourth-order valence-corrected chi connectivity index (χ4v) is 6.14. The number of rotatable bonds is 34. The molecule has 0 fully saturated rings. The molecule has 0 radical (unpaired) electrons. The molecular weight excluding hydrogens is 482 g/mol. The zero-order valence-electron chi connectivity index (χ0n) is 28.8. The molecule has 0 bridgehead atoms. The van der Waals surface area contributed by atoms with E-state index in [9.17, 15) is 0 Å². The van der Waals surface area contributed by atoms with E-state index < -0.39 is 0 Å². The third-order valence-corrected chi connectivity index (χ3v) is 8.90. The quantitative estimate of drug-likeness (QED) is 0.0557. The number of hydrogen-bond donors (Lipinski definition) is 0. The van der Waals surface area contributed by atoms with E-state index in [-0.39, 0.29) is 0 Å². The van der Waals surface area contributed by atoms with Gasteiger partial charge < -0.3 is 0 Å². The fourth-order valence-electron chi connectivity index (χ4n) is 6.14. The zero-order chi connectivity index (χ0) is 29.4. The van der Waals surface area contributed by atoms with Crippen LogP contribution in [0.2, 0.25) is 0 Å². The van der Waals surface area contributed by atoms with E-state index in [0.29, 0.717) is 0 Å². The van der Waals surface area contributed by atoms with E-state index in [1.165, 1.54) is 193 Å². The molecule has 0 aliphatic rings. The molecule has 0 spiro atoms. The van der Waals surface area contributed by atoms with Gasteiger partial charge in [-0.25, -0.2) is 0 Å². The molecule has 0 saturated carbocycles. The van der Waals surface area contributed by atoms with Crippen LogP contribution in [-0.2, 0) is 0 Å². The molecule has 240 valence electrons. The fraction of sp³-hybridized carbons (Fsp3) is 0.949. The Labute approximate surface area is 256 Å². The highest BCUT2D eigenvalue weighted by atomic mass is 15.1. The predicted octanol–water partition coefficient (Wildman–Crippen LogP) is 13.7. The molecule has 0 unspecified atom stereocenters. The standard InChI is InChI=1S/C39H79N/c1-6-35-40(36-31-27-23-19-15-11-7-9-13-17-21-25-29-33-38(2)3)37-32-28-24-20-16-12-8-10-14-18-22-26-30-34-39(4)5/h6,38-39H,1,7-37H2,2-5H3. The van der Waals surface area contributed by atoms with Gasteiger partial charge in [-0.15, -0.1) is 6.58 Å². The summed E-state index contributed by atoms with van der Waals surface area (Å²) in [5.74, 6) is 1.78. The van der Waals surface area contributed by atoms with Crippen LogP contribution in [-0.4, -0.2) is 24.5 Å². The summed E-state index contributed by atoms with van der Waals surface area (Å²) in [6, 6.07) is 0. The van der Waals surface area contributed by atoms with Crippen molar-refractivity contribution in [3.63, 3.8) is 0 Å². The van der Waals surface area contributed by atoms with Crippen molar-refractivity contribution in [3.05, 3.63) is 12.7 Å². The summed E-state index contributed by atoms with van der Waals surface area (Å²) < 4.78 is 0. The molecular formula is C39H79N. The highest BCUT2D eigenvalue weighted by Crippen LogP contribution is 2.16. The Kier molecular flexibility index (Phi) is 33.0. The lowest BCUT2D eigenvalue weighted by Crippen LogP contribution is -2.26. The van der Waals surface area contributed by atoms with Gasteiger partial charge in [0.15, 0.2) is 0 Å². The van der Waals surface area contributed by atoms with Crippen LogP contribution < -0.4 is 0 Å². The van der Waals surface area contributed by atoms with Gasteiger partial charge in [-0.3, -0.25) is 4.90 Å². The Morgan fingerprint density at radius 2 is 0.600 bits per heavy atom. The average Bonchev–Trinajstić information content (AvgIpc) is 2.92. The highest BCUT2D eigenvalue weighted by molar-refractivity contribution is 4.73. The first-order chi connectivity index (χ1) is 19.6. The first-order valence-corrected chi connectivity index (χ1v) is 18.9. The number of nitrogens with zero attached hydrogens (tertiary/aromatic N) is 1. The maximum atomic E-state index is 4.01. The molecule has 0 rings (SSSR count). The minimum Gasteiger partial charge on any atom is -0.300 e. The van der Waals surface area contributed by atoms with Crippen molar-refractivity contribution in [1.29, 1.82) is 0 Å². The van der Waals surface area contributed by atoms with Crippen LogP contribution in [0.25, 0.3) is 0 Å². The lowest BCUT2D eigenvalue weighted by atomic mass is 10.0. The van der Waals surface area contributed by atoms with Crippen LogP contribution in [0.3, 0.4) is 0 Å². The van der Waals surface area contributed by atoms with Gasteiger partial charge in [0.25, 0.3) is 0 Å². The zero-order valence-corrected chi connectivity index (χ0v) is 28.8. The molecule has 0 aromatic rings.